The topological polar surface area (TPSA) is 42.4 Å². The molecule has 0 N–H and O–H groups in total. The van der Waals surface area contributed by atoms with Crippen molar-refractivity contribution in [3.8, 4) is 22.6 Å². The Labute approximate surface area is 304 Å². The van der Waals surface area contributed by atoms with E-state index in [1.807, 2.05) is 24.3 Å². The van der Waals surface area contributed by atoms with E-state index in [9.17, 15) is 0 Å². The van der Waals surface area contributed by atoms with Crippen LogP contribution in [0.3, 0.4) is 0 Å². The Bertz CT molecular complexity index is 3140. The molecule has 0 saturated heterocycles. The molecule has 2 heterocycles. The van der Waals surface area contributed by atoms with Crippen molar-refractivity contribution in [2.24, 2.45) is 0 Å². The smallest absolute Gasteiger partial charge is 0.228 e. The maximum Gasteiger partial charge on any atom is 0.228 e. The molecule has 4 nitrogen and oxygen atoms in total. The summed E-state index contributed by atoms with van der Waals surface area (Å²) in [6, 6.07) is 64.1. The lowest BCUT2D eigenvalue weighted by atomic mass is 9.97. The van der Waals surface area contributed by atoms with Gasteiger partial charge in [-0.3, -0.25) is 0 Å². The van der Waals surface area contributed by atoms with Crippen LogP contribution < -0.4 is 4.90 Å². The highest BCUT2D eigenvalue weighted by atomic mass is 16.3. The molecule has 0 unspecified atom stereocenters. The van der Waals surface area contributed by atoms with E-state index in [0.717, 1.165) is 72.0 Å². The summed E-state index contributed by atoms with van der Waals surface area (Å²) in [5.41, 5.74) is 9.60. The number of nitrogens with zero attached hydrogens (tertiary/aromatic N) is 2. The van der Waals surface area contributed by atoms with Crippen molar-refractivity contribution < 1.29 is 8.83 Å². The fourth-order valence-electron chi connectivity index (χ4n) is 7.98. The Morgan fingerprint density at radius 1 is 0.396 bits per heavy atom. The summed E-state index contributed by atoms with van der Waals surface area (Å²) in [6.45, 7) is 0. The molecular weight excluding hydrogens is 649 g/mol. The second kappa shape index (κ2) is 11.7. The van der Waals surface area contributed by atoms with Gasteiger partial charge in [0, 0.05) is 39.2 Å². The highest BCUT2D eigenvalue weighted by Crippen LogP contribution is 2.44. The molecule has 0 saturated carbocycles. The lowest BCUT2D eigenvalue weighted by Crippen LogP contribution is -2.10. The average Bonchev–Trinajstić information content (AvgIpc) is 3.81. The summed E-state index contributed by atoms with van der Waals surface area (Å²) < 4.78 is 13.1. The maximum absolute atomic E-state index is 6.65. The molecule has 0 spiro atoms. The van der Waals surface area contributed by atoms with Gasteiger partial charge in [-0.1, -0.05) is 121 Å². The number of rotatable bonds is 5. The molecule has 2 aromatic heterocycles. The molecule has 0 aliphatic heterocycles. The Kier molecular flexibility index (Phi) is 6.52. The fraction of sp³-hybridized carbons (Fsp3) is 0. The minimum atomic E-state index is 0.579. The van der Waals surface area contributed by atoms with E-state index in [2.05, 4.69) is 163 Å². The van der Waals surface area contributed by atoms with Gasteiger partial charge in [-0.15, -0.1) is 0 Å². The summed E-state index contributed by atoms with van der Waals surface area (Å²) in [5, 5.41) is 9.06. The van der Waals surface area contributed by atoms with E-state index >= 15 is 0 Å². The van der Waals surface area contributed by atoms with Crippen molar-refractivity contribution in [2.75, 3.05) is 4.90 Å². The van der Waals surface area contributed by atoms with Crippen LogP contribution >= 0.6 is 0 Å². The molecule has 0 atom stereocenters. The third-order valence-corrected chi connectivity index (χ3v) is 10.4. The monoisotopic (exact) mass is 678 g/mol. The van der Waals surface area contributed by atoms with Crippen LogP contribution in [0.25, 0.3) is 87.9 Å². The number of furan rings is 1. The molecule has 248 valence electrons. The van der Waals surface area contributed by atoms with E-state index in [1.165, 1.54) is 27.1 Å². The molecular formula is C49H30N2O2. The molecule has 9 aromatic carbocycles. The Balaban J connectivity index is 1.09. The molecule has 11 aromatic rings. The molecule has 0 amide bonds. The standard InChI is InChI=1S/C49H30N2O2/c1-2-14-34-29-47-43(28-33(34)13-1)50-49(53-47)42-22-10-24-45-48(42)41-26-25-37(30-46(41)52-45)51(44-23-9-16-32-12-4-6-20-40(32)44)36-18-7-17-35(27-36)39-21-8-15-31-11-3-5-19-38(31)39/h1-30H. The van der Waals surface area contributed by atoms with Gasteiger partial charge in [0.1, 0.15) is 16.7 Å². The largest absolute Gasteiger partial charge is 0.456 e. The first-order chi connectivity index (χ1) is 26.2. The summed E-state index contributed by atoms with van der Waals surface area (Å²) in [7, 11) is 0. The summed E-state index contributed by atoms with van der Waals surface area (Å²) >= 11 is 0. The molecule has 11 rings (SSSR count). The Morgan fingerprint density at radius 3 is 1.92 bits per heavy atom. The first-order valence-electron chi connectivity index (χ1n) is 17.9. The van der Waals surface area contributed by atoms with Crippen LogP contribution in [-0.4, -0.2) is 4.98 Å². The third-order valence-electron chi connectivity index (χ3n) is 10.4. The minimum absolute atomic E-state index is 0.579. The van der Waals surface area contributed by atoms with Crippen LogP contribution in [0.2, 0.25) is 0 Å². The van der Waals surface area contributed by atoms with Gasteiger partial charge in [0.2, 0.25) is 5.89 Å². The molecule has 0 bridgehead atoms. The number of anilines is 3. The van der Waals surface area contributed by atoms with E-state index < -0.39 is 0 Å². The Morgan fingerprint density at radius 2 is 1.06 bits per heavy atom. The van der Waals surface area contributed by atoms with Crippen LogP contribution in [-0.2, 0) is 0 Å². The molecule has 4 heteroatoms. The van der Waals surface area contributed by atoms with Crippen LogP contribution in [0.1, 0.15) is 0 Å². The molecule has 0 radical (unpaired) electrons. The summed E-state index contributed by atoms with van der Waals surface area (Å²) in [5.74, 6) is 0.579. The first kappa shape index (κ1) is 29.5. The van der Waals surface area contributed by atoms with Gasteiger partial charge in [0.25, 0.3) is 0 Å². The van der Waals surface area contributed by atoms with Crippen molar-refractivity contribution in [2.45, 2.75) is 0 Å². The lowest BCUT2D eigenvalue weighted by molar-refractivity contribution is 0.620. The summed E-state index contributed by atoms with van der Waals surface area (Å²) in [4.78, 5) is 7.30. The van der Waals surface area contributed by atoms with Gasteiger partial charge in [-0.25, -0.2) is 4.98 Å². The zero-order chi connectivity index (χ0) is 34.9. The number of benzene rings is 9. The maximum atomic E-state index is 6.65. The van der Waals surface area contributed by atoms with Crippen LogP contribution in [0.5, 0.6) is 0 Å². The Hall–Kier alpha value is -7.17. The van der Waals surface area contributed by atoms with Gasteiger partial charge in [-0.2, -0.15) is 0 Å². The highest BCUT2D eigenvalue weighted by molar-refractivity contribution is 6.13. The first-order valence-corrected chi connectivity index (χ1v) is 17.9. The van der Waals surface area contributed by atoms with E-state index in [4.69, 9.17) is 13.8 Å². The van der Waals surface area contributed by atoms with Crippen molar-refractivity contribution in [1.82, 2.24) is 4.98 Å². The van der Waals surface area contributed by atoms with Crippen LogP contribution in [0, 0.1) is 0 Å². The zero-order valence-electron chi connectivity index (χ0n) is 28.5. The van der Waals surface area contributed by atoms with Crippen molar-refractivity contribution in [3.63, 3.8) is 0 Å². The van der Waals surface area contributed by atoms with Crippen molar-refractivity contribution in [3.05, 3.63) is 182 Å². The zero-order valence-corrected chi connectivity index (χ0v) is 28.5. The SMILES string of the molecule is c1cc(-c2cccc3ccccc23)cc(N(c2ccc3c(c2)oc2cccc(-c4nc5cc6ccccc6cc5o4)c23)c2cccc3ccccc23)c1. The van der Waals surface area contributed by atoms with E-state index in [-0.39, 0.29) is 0 Å². The van der Waals surface area contributed by atoms with E-state index in [1.54, 1.807) is 0 Å². The van der Waals surface area contributed by atoms with Crippen molar-refractivity contribution in [1.29, 1.82) is 0 Å². The van der Waals surface area contributed by atoms with Gasteiger partial charge in [0.15, 0.2) is 5.58 Å². The van der Waals surface area contributed by atoms with Gasteiger partial charge in [0.05, 0.1) is 5.69 Å². The van der Waals surface area contributed by atoms with Gasteiger partial charge < -0.3 is 13.7 Å². The number of aromatic nitrogens is 1. The normalized spacial score (nSPS) is 11.8. The van der Waals surface area contributed by atoms with Crippen LogP contribution in [0.4, 0.5) is 17.1 Å². The summed E-state index contributed by atoms with van der Waals surface area (Å²) in [6.07, 6.45) is 0. The molecule has 0 aliphatic rings. The van der Waals surface area contributed by atoms with Gasteiger partial charge >= 0.3 is 0 Å². The molecule has 53 heavy (non-hydrogen) atoms. The minimum Gasteiger partial charge on any atom is -0.456 e. The molecule has 0 aliphatic carbocycles. The van der Waals surface area contributed by atoms with Gasteiger partial charge in [-0.05, 0) is 92.7 Å². The average molecular weight is 679 g/mol. The predicted molar refractivity (Wildman–Crippen MR) is 219 cm³/mol. The number of oxazole rings is 1. The van der Waals surface area contributed by atoms with Crippen molar-refractivity contribution >= 4 is 82.4 Å². The predicted octanol–water partition coefficient (Wildman–Crippen LogP) is 14.0. The lowest BCUT2D eigenvalue weighted by Gasteiger charge is -2.27. The van der Waals surface area contributed by atoms with Crippen LogP contribution in [0.15, 0.2) is 191 Å². The number of fused-ring (bicyclic) bond motifs is 7. The third kappa shape index (κ3) is 4.80. The second-order valence-electron chi connectivity index (χ2n) is 13.6. The fourth-order valence-corrected chi connectivity index (χ4v) is 7.98. The highest BCUT2D eigenvalue weighted by Gasteiger charge is 2.21. The quantitative estimate of drug-likeness (QED) is 0.182. The number of hydrogen-bond acceptors (Lipinski definition) is 4. The molecule has 0 fully saturated rings. The van der Waals surface area contributed by atoms with E-state index in [0.29, 0.717) is 5.89 Å². The number of hydrogen-bond donors (Lipinski definition) is 0. The second-order valence-corrected chi connectivity index (χ2v) is 13.6.